The summed E-state index contributed by atoms with van der Waals surface area (Å²) in [6.45, 7) is 5.44. The number of hydrogen-bond acceptors (Lipinski definition) is 5. The van der Waals surface area contributed by atoms with Crippen molar-refractivity contribution in [2.75, 3.05) is 11.4 Å². The average Bonchev–Trinajstić information content (AvgIpc) is 3.01. The number of nitrogens with zero attached hydrogens (tertiary/aromatic N) is 2. The number of benzene rings is 1. The summed E-state index contributed by atoms with van der Waals surface area (Å²) in [5.74, 6) is 1.64. The lowest BCUT2D eigenvalue weighted by atomic mass is 10.3. The van der Waals surface area contributed by atoms with E-state index < -0.39 is 0 Å². The van der Waals surface area contributed by atoms with Gasteiger partial charge < -0.3 is 14.7 Å². The molecule has 3 rings (SSSR count). The summed E-state index contributed by atoms with van der Waals surface area (Å²) in [7, 11) is 0. The molecule has 2 aromatic rings. The second-order valence-corrected chi connectivity index (χ2v) is 6.38. The van der Waals surface area contributed by atoms with Gasteiger partial charge in [0, 0.05) is 19.2 Å². The largest absolute Gasteiger partial charge is 0.493 e. The molecule has 6 heteroatoms. The smallest absolute Gasteiger partial charge is 0.246 e. The van der Waals surface area contributed by atoms with Crippen LogP contribution in [0.25, 0.3) is 6.08 Å². The summed E-state index contributed by atoms with van der Waals surface area (Å²) in [6, 6.07) is 7.87. The van der Waals surface area contributed by atoms with Crippen molar-refractivity contribution in [2.45, 2.75) is 20.4 Å². The van der Waals surface area contributed by atoms with Crippen LogP contribution in [-0.4, -0.2) is 16.2 Å². The van der Waals surface area contributed by atoms with Crippen LogP contribution >= 0.6 is 23.6 Å². The molecule has 1 aromatic carbocycles. The standard InChI is InChI=1S/C16H16N2O2S2/c1-3-17-11-7-5-6-8-12(11)20-14(17)10-9-13-15(19)18(4-2)16(21)22-13/h5-9,19H,3-4H2,1-2H3. The van der Waals surface area contributed by atoms with Crippen LogP contribution in [0.15, 0.2) is 35.9 Å². The van der Waals surface area contributed by atoms with Crippen molar-refractivity contribution in [2.24, 2.45) is 0 Å². The molecule has 0 bridgehead atoms. The van der Waals surface area contributed by atoms with Crippen LogP contribution in [0.3, 0.4) is 0 Å². The fourth-order valence-corrected chi connectivity index (χ4v) is 3.69. The Morgan fingerprint density at radius 2 is 2.09 bits per heavy atom. The van der Waals surface area contributed by atoms with Gasteiger partial charge >= 0.3 is 0 Å². The summed E-state index contributed by atoms with van der Waals surface area (Å²) < 4.78 is 8.17. The van der Waals surface area contributed by atoms with E-state index in [9.17, 15) is 5.11 Å². The number of fused-ring (bicyclic) bond motifs is 1. The molecule has 0 spiro atoms. The Morgan fingerprint density at radius 1 is 1.32 bits per heavy atom. The maximum absolute atomic E-state index is 10.2. The summed E-state index contributed by atoms with van der Waals surface area (Å²) in [5.41, 5.74) is 4.17. The molecule has 2 heterocycles. The molecule has 0 atom stereocenters. The molecule has 1 aliphatic heterocycles. The number of thiazole rings is 1. The molecule has 4 nitrogen and oxygen atoms in total. The molecule has 0 aliphatic carbocycles. The molecular weight excluding hydrogens is 316 g/mol. The molecule has 114 valence electrons. The summed E-state index contributed by atoms with van der Waals surface area (Å²) >= 11 is 6.60. The molecule has 1 aliphatic rings. The van der Waals surface area contributed by atoms with E-state index in [4.69, 9.17) is 17.0 Å². The van der Waals surface area contributed by atoms with E-state index in [-0.39, 0.29) is 5.88 Å². The third-order valence-corrected chi connectivity index (χ3v) is 4.85. The zero-order valence-corrected chi connectivity index (χ0v) is 14.0. The third-order valence-electron chi connectivity index (χ3n) is 3.46. The molecule has 0 saturated heterocycles. The topological polar surface area (TPSA) is 37.6 Å². The van der Waals surface area contributed by atoms with Crippen LogP contribution in [0, 0.1) is 3.95 Å². The molecule has 0 unspecified atom stereocenters. The minimum atomic E-state index is 0.184. The zero-order valence-electron chi connectivity index (χ0n) is 12.4. The molecule has 0 amide bonds. The SMILES string of the molecule is CCN1C(=C=Cc2sc(=S)n(CC)c2O)Oc2ccccc21. The summed E-state index contributed by atoms with van der Waals surface area (Å²) in [4.78, 5) is 2.73. The fraction of sp³-hybridized carbons (Fsp3) is 0.250. The molecule has 1 aromatic heterocycles. The van der Waals surface area contributed by atoms with Crippen molar-refractivity contribution in [3.05, 3.63) is 44.7 Å². The van der Waals surface area contributed by atoms with Gasteiger partial charge in [0.2, 0.25) is 11.8 Å². The second kappa shape index (κ2) is 6.01. The van der Waals surface area contributed by atoms with Gasteiger partial charge in [0.05, 0.1) is 10.6 Å². The Kier molecular flexibility index (Phi) is 4.07. The Hall–Kier alpha value is -2.01. The number of hydrogen-bond donors (Lipinski definition) is 1. The van der Waals surface area contributed by atoms with E-state index in [1.54, 1.807) is 10.6 Å². The predicted octanol–water partition coefficient (Wildman–Crippen LogP) is 4.38. The Labute approximate surface area is 138 Å². The number of aromatic hydroxyl groups is 1. The van der Waals surface area contributed by atoms with Gasteiger partial charge in [-0.15, -0.1) is 11.3 Å². The first-order valence-electron chi connectivity index (χ1n) is 7.09. The van der Waals surface area contributed by atoms with E-state index in [1.807, 2.05) is 36.1 Å². The van der Waals surface area contributed by atoms with Crippen molar-refractivity contribution in [1.82, 2.24) is 4.57 Å². The van der Waals surface area contributed by atoms with Gasteiger partial charge in [-0.3, -0.25) is 4.57 Å². The maximum Gasteiger partial charge on any atom is 0.246 e. The van der Waals surface area contributed by atoms with Crippen LogP contribution in [0.5, 0.6) is 11.6 Å². The number of para-hydroxylation sites is 2. The first kappa shape index (κ1) is 14.9. The van der Waals surface area contributed by atoms with Gasteiger partial charge in [-0.2, -0.15) is 0 Å². The van der Waals surface area contributed by atoms with E-state index in [0.29, 0.717) is 21.3 Å². The molecule has 0 saturated carbocycles. The highest BCUT2D eigenvalue weighted by atomic mass is 32.1. The quantitative estimate of drug-likeness (QED) is 0.669. The second-order valence-electron chi connectivity index (χ2n) is 4.71. The van der Waals surface area contributed by atoms with Gasteiger partial charge in [0.25, 0.3) is 0 Å². The summed E-state index contributed by atoms with van der Waals surface area (Å²) in [6.07, 6.45) is 1.73. The maximum atomic E-state index is 10.2. The van der Waals surface area contributed by atoms with Crippen molar-refractivity contribution in [1.29, 1.82) is 0 Å². The highest BCUT2D eigenvalue weighted by Crippen LogP contribution is 2.38. The highest BCUT2D eigenvalue weighted by Gasteiger charge is 2.24. The minimum Gasteiger partial charge on any atom is -0.493 e. The molecular formula is C16H16N2O2S2. The van der Waals surface area contributed by atoms with Crippen molar-refractivity contribution < 1.29 is 9.84 Å². The van der Waals surface area contributed by atoms with Crippen LogP contribution in [-0.2, 0) is 6.54 Å². The fourth-order valence-electron chi connectivity index (χ4n) is 2.37. The highest BCUT2D eigenvalue weighted by molar-refractivity contribution is 7.73. The normalized spacial score (nSPS) is 12.8. The lowest BCUT2D eigenvalue weighted by molar-refractivity contribution is 0.419. The Bertz CT molecular complexity index is 829. The van der Waals surface area contributed by atoms with Crippen LogP contribution < -0.4 is 9.64 Å². The zero-order chi connectivity index (χ0) is 15.7. The first-order chi connectivity index (χ1) is 10.7. The van der Waals surface area contributed by atoms with Crippen molar-refractivity contribution >= 4 is 35.3 Å². The third kappa shape index (κ3) is 2.46. The van der Waals surface area contributed by atoms with Crippen LogP contribution in [0.2, 0.25) is 0 Å². The Morgan fingerprint density at radius 3 is 2.77 bits per heavy atom. The Balaban J connectivity index is 2.01. The lowest BCUT2D eigenvalue weighted by Crippen LogP contribution is -2.18. The lowest BCUT2D eigenvalue weighted by Gasteiger charge is -2.13. The average molecular weight is 332 g/mol. The van der Waals surface area contributed by atoms with Crippen molar-refractivity contribution in [3.63, 3.8) is 0 Å². The van der Waals surface area contributed by atoms with Crippen LogP contribution in [0.4, 0.5) is 5.69 Å². The van der Waals surface area contributed by atoms with Gasteiger partial charge in [-0.25, -0.2) is 0 Å². The van der Waals surface area contributed by atoms with Gasteiger partial charge in [-0.1, -0.05) is 17.9 Å². The molecule has 1 N–H and O–H groups in total. The van der Waals surface area contributed by atoms with Gasteiger partial charge in [0.15, 0.2) is 9.70 Å². The molecule has 22 heavy (non-hydrogen) atoms. The molecule has 0 radical (unpaired) electrons. The number of rotatable bonds is 3. The van der Waals surface area contributed by atoms with E-state index >= 15 is 0 Å². The monoisotopic (exact) mass is 332 g/mol. The number of anilines is 1. The van der Waals surface area contributed by atoms with E-state index in [0.717, 1.165) is 18.0 Å². The van der Waals surface area contributed by atoms with E-state index in [2.05, 4.69) is 12.7 Å². The number of aromatic nitrogens is 1. The first-order valence-corrected chi connectivity index (χ1v) is 8.31. The van der Waals surface area contributed by atoms with E-state index in [1.165, 1.54) is 11.3 Å². The number of ether oxygens (including phenoxy) is 1. The summed E-state index contributed by atoms with van der Waals surface area (Å²) in [5, 5.41) is 10.2. The molecule has 0 fully saturated rings. The van der Waals surface area contributed by atoms with Gasteiger partial charge in [0.1, 0.15) is 0 Å². The minimum absolute atomic E-state index is 0.184. The van der Waals surface area contributed by atoms with Crippen LogP contribution in [0.1, 0.15) is 18.7 Å². The van der Waals surface area contributed by atoms with Gasteiger partial charge in [-0.05, 0) is 38.2 Å². The van der Waals surface area contributed by atoms with Crippen molar-refractivity contribution in [3.8, 4) is 11.6 Å². The predicted molar refractivity (Wildman–Crippen MR) is 92.1 cm³/mol.